The monoisotopic (exact) mass is 200 g/mol. The molecule has 15 heavy (non-hydrogen) atoms. The van der Waals surface area contributed by atoms with Crippen LogP contribution in [0.5, 0.6) is 0 Å². The van der Waals surface area contributed by atoms with E-state index in [0.717, 1.165) is 5.46 Å². The van der Waals surface area contributed by atoms with Crippen LogP contribution in [0.3, 0.4) is 0 Å². The lowest BCUT2D eigenvalue weighted by atomic mass is 9.73. The Morgan fingerprint density at radius 2 is 1.27 bits per heavy atom. The molecule has 0 aliphatic heterocycles. The quantitative estimate of drug-likeness (QED) is 0.564. The van der Waals surface area contributed by atoms with Crippen LogP contribution >= 0.6 is 0 Å². The minimum atomic E-state index is 0.151. The van der Waals surface area contributed by atoms with Crippen LogP contribution < -0.4 is 5.46 Å². The molecule has 0 amide bonds. The molecule has 0 bridgehead atoms. The summed E-state index contributed by atoms with van der Waals surface area (Å²) in [5, 5.41) is 0. The van der Waals surface area contributed by atoms with E-state index in [-0.39, 0.29) is 10.8 Å². The van der Waals surface area contributed by atoms with Crippen molar-refractivity contribution >= 4 is 13.3 Å². The molecule has 0 fully saturated rings. The highest BCUT2D eigenvalue weighted by molar-refractivity contribution is 6.32. The van der Waals surface area contributed by atoms with E-state index >= 15 is 0 Å². The van der Waals surface area contributed by atoms with Crippen LogP contribution in [-0.4, -0.2) is 7.85 Å². The number of rotatable bonds is 0. The molecule has 0 saturated heterocycles. The fourth-order valence-electron chi connectivity index (χ4n) is 1.84. The Balaban J connectivity index is 3.41. The average Bonchev–Trinajstić information content (AvgIpc) is 2.00. The predicted molar refractivity (Wildman–Crippen MR) is 69.2 cm³/mol. The third kappa shape index (κ3) is 2.87. The molecule has 0 atom stereocenters. The zero-order valence-electron chi connectivity index (χ0n) is 10.8. The van der Waals surface area contributed by atoms with Crippen molar-refractivity contribution in [3.63, 3.8) is 0 Å². The van der Waals surface area contributed by atoms with Crippen LogP contribution in [0.25, 0.3) is 0 Å². The maximum absolute atomic E-state index is 5.87. The SMILES string of the molecule is [B]c1ccc(C(C)(C)C)c(C(C)(C)C)c1. The van der Waals surface area contributed by atoms with Crippen molar-refractivity contribution in [1.82, 2.24) is 0 Å². The van der Waals surface area contributed by atoms with Gasteiger partial charge in [0.1, 0.15) is 7.85 Å². The second-order valence-corrected chi connectivity index (χ2v) is 6.31. The maximum Gasteiger partial charge on any atom is 0.113 e. The normalized spacial score (nSPS) is 12.9. The first-order valence-electron chi connectivity index (χ1n) is 5.53. The fraction of sp³-hybridized carbons (Fsp3) is 0.571. The van der Waals surface area contributed by atoms with Gasteiger partial charge in [0.25, 0.3) is 0 Å². The largest absolute Gasteiger partial charge is 0.113 e. The molecule has 1 aromatic carbocycles. The van der Waals surface area contributed by atoms with E-state index in [1.165, 1.54) is 11.1 Å². The second kappa shape index (κ2) is 3.70. The number of hydrogen-bond donors (Lipinski definition) is 0. The lowest BCUT2D eigenvalue weighted by Crippen LogP contribution is -2.24. The molecule has 1 rings (SSSR count). The lowest BCUT2D eigenvalue weighted by Gasteiger charge is -2.30. The molecule has 0 aliphatic rings. The van der Waals surface area contributed by atoms with Crippen molar-refractivity contribution in [2.45, 2.75) is 52.4 Å². The highest BCUT2D eigenvalue weighted by Crippen LogP contribution is 2.32. The van der Waals surface area contributed by atoms with Gasteiger partial charge in [0, 0.05) is 0 Å². The van der Waals surface area contributed by atoms with Crippen LogP contribution in [0.15, 0.2) is 18.2 Å². The van der Waals surface area contributed by atoms with Crippen molar-refractivity contribution in [2.24, 2.45) is 0 Å². The van der Waals surface area contributed by atoms with E-state index in [2.05, 4.69) is 53.7 Å². The Bertz CT molecular complexity index is 351. The Morgan fingerprint density at radius 1 is 0.800 bits per heavy atom. The van der Waals surface area contributed by atoms with E-state index in [1.54, 1.807) is 0 Å². The highest BCUT2D eigenvalue weighted by Gasteiger charge is 2.24. The van der Waals surface area contributed by atoms with Crippen LogP contribution in [0.1, 0.15) is 52.7 Å². The van der Waals surface area contributed by atoms with Crippen LogP contribution in [0.2, 0.25) is 0 Å². The Hall–Kier alpha value is -0.715. The second-order valence-electron chi connectivity index (χ2n) is 6.31. The van der Waals surface area contributed by atoms with Gasteiger partial charge in [0.2, 0.25) is 0 Å². The molecular weight excluding hydrogens is 179 g/mol. The van der Waals surface area contributed by atoms with Gasteiger partial charge in [-0.25, -0.2) is 0 Å². The van der Waals surface area contributed by atoms with Gasteiger partial charge in [-0.3, -0.25) is 0 Å². The summed E-state index contributed by atoms with van der Waals surface area (Å²) in [4.78, 5) is 0. The first kappa shape index (κ1) is 12.4. The Morgan fingerprint density at radius 3 is 1.67 bits per heavy atom. The Labute approximate surface area is 95.5 Å². The summed E-state index contributed by atoms with van der Waals surface area (Å²) in [6.45, 7) is 13.4. The Kier molecular flexibility index (Phi) is 3.05. The van der Waals surface area contributed by atoms with Gasteiger partial charge < -0.3 is 0 Å². The average molecular weight is 200 g/mol. The summed E-state index contributed by atoms with van der Waals surface area (Å²) in [6, 6.07) is 6.27. The van der Waals surface area contributed by atoms with E-state index in [9.17, 15) is 0 Å². The van der Waals surface area contributed by atoms with Gasteiger partial charge in [-0.1, -0.05) is 65.2 Å². The van der Waals surface area contributed by atoms with Crippen molar-refractivity contribution in [1.29, 1.82) is 0 Å². The molecule has 0 spiro atoms. The minimum Gasteiger partial charge on any atom is -0.0964 e. The molecular formula is C14H21B. The molecule has 2 radical (unpaired) electrons. The molecule has 0 heterocycles. The van der Waals surface area contributed by atoms with Gasteiger partial charge in [0.05, 0.1) is 0 Å². The summed E-state index contributed by atoms with van der Waals surface area (Å²) in [5.74, 6) is 0. The van der Waals surface area contributed by atoms with Crippen LogP contribution in [-0.2, 0) is 10.8 Å². The summed E-state index contributed by atoms with van der Waals surface area (Å²) in [6.07, 6.45) is 0. The van der Waals surface area contributed by atoms with E-state index in [0.29, 0.717) is 0 Å². The molecule has 0 aromatic heterocycles. The molecule has 1 heteroatoms. The smallest absolute Gasteiger partial charge is 0.0964 e. The molecule has 0 saturated carbocycles. The molecule has 80 valence electrons. The van der Waals surface area contributed by atoms with Crippen LogP contribution in [0.4, 0.5) is 0 Å². The van der Waals surface area contributed by atoms with Gasteiger partial charge in [-0.2, -0.15) is 0 Å². The van der Waals surface area contributed by atoms with E-state index in [4.69, 9.17) is 7.85 Å². The van der Waals surface area contributed by atoms with Crippen molar-refractivity contribution < 1.29 is 0 Å². The maximum atomic E-state index is 5.87. The van der Waals surface area contributed by atoms with Crippen molar-refractivity contribution in [2.75, 3.05) is 0 Å². The molecule has 0 aliphatic carbocycles. The van der Waals surface area contributed by atoms with Gasteiger partial charge in [0.15, 0.2) is 0 Å². The number of benzene rings is 1. The minimum absolute atomic E-state index is 0.151. The molecule has 1 aromatic rings. The summed E-state index contributed by atoms with van der Waals surface area (Å²) in [7, 11) is 5.87. The summed E-state index contributed by atoms with van der Waals surface area (Å²) in [5.41, 5.74) is 3.93. The van der Waals surface area contributed by atoms with Gasteiger partial charge in [-0.05, 0) is 22.0 Å². The zero-order chi connectivity index (χ0) is 11.9. The zero-order valence-corrected chi connectivity index (χ0v) is 10.8. The molecule has 0 unspecified atom stereocenters. The van der Waals surface area contributed by atoms with Gasteiger partial charge in [-0.15, -0.1) is 0 Å². The summed E-state index contributed by atoms with van der Waals surface area (Å²) < 4.78 is 0. The molecule has 0 nitrogen and oxygen atoms in total. The van der Waals surface area contributed by atoms with E-state index < -0.39 is 0 Å². The third-order valence-corrected chi connectivity index (χ3v) is 2.66. The fourth-order valence-corrected chi connectivity index (χ4v) is 1.84. The predicted octanol–water partition coefficient (Wildman–Crippen LogP) is 3.08. The first-order valence-corrected chi connectivity index (χ1v) is 5.53. The lowest BCUT2D eigenvalue weighted by molar-refractivity contribution is 0.531. The number of hydrogen-bond acceptors (Lipinski definition) is 0. The van der Waals surface area contributed by atoms with Gasteiger partial charge >= 0.3 is 0 Å². The highest BCUT2D eigenvalue weighted by atomic mass is 14.3. The summed E-state index contributed by atoms with van der Waals surface area (Å²) >= 11 is 0. The third-order valence-electron chi connectivity index (χ3n) is 2.66. The van der Waals surface area contributed by atoms with E-state index in [1.807, 2.05) is 6.07 Å². The topological polar surface area (TPSA) is 0 Å². The van der Waals surface area contributed by atoms with Crippen molar-refractivity contribution in [3.8, 4) is 0 Å². The van der Waals surface area contributed by atoms with Crippen molar-refractivity contribution in [3.05, 3.63) is 29.3 Å². The molecule has 0 N–H and O–H groups in total. The first-order chi connectivity index (χ1) is 6.62. The standard InChI is InChI=1S/C14H21B/c1-13(2,3)11-8-7-10(15)9-12(11)14(4,5)6/h7-9H,1-6H3. The van der Waals surface area contributed by atoms with Crippen LogP contribution in [0, 0.1) is 0 Å².